The Bertz CT molecular complexity index is 1810. The van der Waals surface area contributed by atoms with Crippen LogP contribution >= 0.6 is 0 Å². The second-order valence-corrected chi connectivity index (χ2v) is 13.4. The zero-order valence-electron chi connectivity index (χ0n) is 29.1. The van der Waals surface area contributed by atoms with E-state index in [2.05, 4.69) is 10.3 Å². The van der Waals surface area contributed by atoms with Crippen LogP contribution in [-0.4, -0.2) is 70.8 Å². The third-order valence-corrected chi connectivity index (χ3v) is 9.72. The minimum absolute atomic E-state index is 0.0742. The van der Waals surface area contributed by atoms with Gasteiger partial charge in [0, 0.05) is 51.4 Å². The maximum atomic E-state index is 14.5. The molecule has 5 rings (SSSR count). The molecule has 51 heavy (non-hydrogen) atoms. The van der Waals surface area contributed by atoms with Crippen molar-refractivity contribution in [1.82, 2.24) is 20.1 Å². The Labute approximate surface area is 298 Å². The van der Waals surface area contributed by atoms with E-state index in [1.54, 1.807) is 25.5 Å². The number of carbonyl (C=O) groups excluding carboxylic acids is 3. The molecular formula is C41H45F2N5O3. The molecule has 0 spiro atoms. The summed E-state index contributed by atoms with van der Waals surface area (Å²) in [6.07, 6.45) is 10.6. The molecular weight excluding hydrogens is 648 g/mol. The molecule has 266 valence electrons. The number of pyridine rings is 1. The molecule has 1 heterocycles. The summed E-state index contributed by atoms with van der Waals surface area (Å²) >= 11 is 0. The van der Waals surface area contributed by atoms with Gasteiger partial charge < -0.3 is 20.9 Å². The second-order valence-electron chi connectivity index (χ2n) is 13.4. The quantitative estimate of drug-likeness (QED) is 0.157. The lowest BCUT2D eigenvalue weighted by Gasteiger charge is -2.37. The van der Waals surface area contributed by atoms with Gasteiger partial charge in [-0.1, -0.05) is 66.7 Å². The number of amides is 3. The summed E-state index contributed by atoms with van der Waals surface area (Å²) in [6.45, 7) is 0.280. The van der Waals surface area contributed by atoms with Gasteiger partial charge >= 0.3 is 0 Å². The Balaban J connectivity index is 1.40. The number of hydrogen-bond acceptors (Lipinski definition) is 5. The van der Waals surface area contributed by atoms with Crippen molar-refractivity contribution in [3.05, 3.63) is 138 Å². The van der Waals surface area contributed by atoms with E-state index in [0.29, 0.717) is 18.4 Å². The maximum Gasteiger partial charge on any atom is 0.246 e. The largest absolute Gasteiger partial charge is 0.354 e. The number of halogens is 2. The van der Waals surface area contributed by atoms with Gasteiger partial charge in [0.2, 0.25) is 17.7 Å². The van der Waals surface area contributed by atoms with Crippen molar-refractivity contribution in [2.24, 2.45) is 5.73 Å². The summed E-state index contributed by atoms with van der Waals surface area (Å²) in [4.78, 5) is 48.5. The first-order chi connectivity index (χ1) is 24.5. The topological polar surface area (TPSA) is 109 Å². The van der Waals surface area contributed by atoms with E-state index in [1.807, 2.05) is 66.7 Å². The molecule has 1 aliphatic carbocycles. The SMILES string of the molecule is CN(C(=O)/C=C/CC1(N)CCC1)[C@H](Cc1ccc(-c2ccccc2)cc1)C(=O)N(C)[C@H](Cc1ccc(F)c(F)c1)C(=O)NCCc1ccncc1. The highest BCUT2D eigenvalue weighted by Gasteiger charge is 2.35. The molecule has 8 nitrogen and oxygen atoms in total. The molecule has 3 N–H and O–H groups in total. The van der Waals surface area contributed by atoms with E-state index in [9.17, 15) is 23.2 Å². The smallest absolute Gasteiger partial charge is 0.246 e. The number of carbonyl (C=O) groups is 3. The van der Waals surface area contributed by atoms with Crippen molar-refractivity contribution in [2.75, 3.05) is 20.6 Å². The van der Waals surface area contributed by atoms with Gasteiger partial charge in [-0.05, 0) is 90.3 Å². The average molecular weight is 694 g/mol. The lowest BCUT2D eigenvalue weighted by molar-refractivity contribution is -0.146. The third kappa shape index (κ3) is 9.94. The van der Waals surface area contributed by atoms with Crippen LogP contribution in [0.15, 0.2) is 109 Å². The van der Waals surface area contributed by atoms with Crippen LogP contribution < -0.4 is 11.1 Å². The van der Waals surface area contributed by atoms with Crippen molar-refractivity contribution >= 4 is 17.7 Å². The Morgan fingerprint density at radius 3 is 2.12 bits per heavy atom. The molecule has 3 aromatic carbocycles. The molecule has 0 unspecified atom stereocenters. The van der Waals surface area contributed by atoms with Crippen LogP contribution in [0.25, 0.3) is 11.1 Å². The predicted molar refractivity (Wildman–Crippen MR) is 194 cm³/mol. The van der Waals surface area contributed by atoms with Crippen molar-refractivity contribution < 1.29 is 23.2 Å². The predicted octanol–water partition coefficient (Wildman–Crippen LogP) is 5.65. The third-order valence-electron chi connectivity index (χ3n) is 9.72. The molecule has 3 amide bonds. The summed E-state index contributed by atoms with van der Waals surface area (Å²) < 4.78 is 28.1. The first-order valence-corrected chi connectivity index (χ1v) is 17.3. The van der Waals surface area contributed by atoms with Gasteiger partial charge in [-0.2, -0.15) is 0 Å². The number of hydrogen-bond donors (Lipinski definition) is 2. The van der Waals surface area contributed by atoms with Gasteiger partial charge in [-0.3, -0.25) is 19.4 Å². The normalized spacial score (nSPS) is 14.7. The molecule has 10 heteroatoms. The number of aromatic nitrogens is 1. The van der Waals surface area contributed by atoms with Gasteiger partial charge in [0.15, 0.2) is 11.6 Å². The van der Waals surface area contributed by atoms with Crippen LogP contribution in [0.1, 0.15) is 42.4 Å². The van der Waals surface area contributed by atoms with E-state index < -0.39 is 35.5 Å². The zero-order valence-corrected chi connectivity index (χ0v) is 29.1. The molecule has 1 fully saturated rings. The zero-order chi connectivity index (χ0) is 36.4. The summed E-state index contributed by atoms with van der Waals surface area (Å²) in [5.41, 5.74) is 10.2. The fraction of sp³-hybridized carbons (Fsp3) is 0.317. The molecule has 1 aliphatic rings. The van der Waals surface area contributed by atoms with E-state index >= 15 is 0 Å². The lowest BCUT2D eigenvalue weighted by Crippen LogP contribution is -2.56. The van der Waals surface area contributed by atoms with E-state index in [4.69, 9.17) is 5.73 Å². The van der Waals surface area contributed by atoms with Gasteiger partial charge in [-0.15, -0.1) is 0 Å². The number of nitrogens with two attached hydrogens (primary N) is 1. The summed E-state index contributed by atoms with van der Waals surface area (Å²) in [6, 6.07) is 22.7. The summed E-state index contributed by atoms with van der Waals surface area (Å²) in [5, 5.41) is 2.90. The van der Waals surface area contributed by atoms with Crippen LogP contribution in [0.2, 0.25) is 0 Å². The first kappa shape index (κ1) is 37.0. The Kier molecular flexibility index (Phi) is 12.4. The molecule has 2 atom stereocenters. The van der Waals surface area contributed by atoms with Gasteiger partial charge in [0.05, 0.1) is 0 Å². The number of likely N-dealkylation sites (N-methyl/N-ethyl adjacent to an activating group) is 2. The number of benzene rings is 3. The molecule has 0 saturated heterocycles. The van der Waals surface area contributed by atoms with Crippen LogP contribution in [0.4, 0.5) is 8.78 Å². The molecule has 0 radical (unpaired) electrons. The van der Waals surface area contributed by atoms with Gasteiger partial charge in [0.1, 0.15) is 12.1 Å². The Morgan fingerprint density at radius 1 is 0.824 bits per heavy atom. The second kappa shape index (κ2) is 17.1. The number of nitrogens with zero attached hydrogens (tertiary/aromatic N) is 3. The van der Waals surface area contributed by atoms with Crippen molar-refractivity contribution in [3.63, 3.8) is 0 Å². The van der Waals surface area contributed by atoms with E-state index in [-0.39, 0.29) is 30.8 Å². The van der Waals surface area contributed by atoms with Gasteiger partial charge in [-0.25, -0.2) is 8.78 Å². The number of nitrogens with one attached hydrogen (secondary N) is 1. The molecule has 1 saturated carbocycles. The average Bonchev–Trinajstić information content (AvgIpc) is 3.13. The highest BCUT2D eigenvalue weighted by atomic mass is 19.2. The van der Waals surface area contributed by atoms with E-state index in [0.717, 1.165) is 53.6 Å². The van der Waals surface area contributed by atoms with Crippen LogP contribution in [0, 0.1) is 11.6 Å². The summed E-state index contributed by atoms with van der Waals surface area (Å²) in [7, 11) is 3.08. The molecule has 0 bridgehead atoms. The standard InChI is InChI=1S/C41H45F2N5O3/c1-47(38(49)10-6-20-41(44)21-7-22-41)37(27-30-11-14-33(15-12-30)32-8-4-3-5-9-32)40(51)48(2)36(28-31-13-16-34(42)35(43)26-31)39(50)46-25-19-29-17-23-45-24-18-29/h3-6,8-18,23-24,26,36-37H,7,19-22,25,27-28,44H2,1-2H3,(H,46,50)/b10-6+/t36-,37-/m1/s1. The maximum absolute atomic E-state index is 14.5. The summed E-state index contributed by atoms with van der Waals surface area (Å²) in [5.74, 6) is -3.36. The monoisotopic (exact) mass is 693 g/mol. The Hall–Kier alpha value is -5.22. The van der Waals surface area contributed by atoms with Crippen molar-refractivity contribution in [1.29, 1.82) is 0 Å². The fourth-order valence-electron chi connectivity index (χ4n) is 6.26. The lowest BCUT2D eigenvalue weighted by atomic mass is 9.75. The van der Waals surface area contributed by atoms with Crippen LogP contribution in [0.3, 0.4) is 0 Å². The van der Waals surface area contributed by atoms with E-state index in [1.165, 1.54) is 29.0 Å². The Morgan fingerprint density at radius 2 is 1.47 bits per heavy atom. The van der Waals surface area contributed by atoms with Gasteiger partial charge in [0.25, 0.3) is 0 Å². The molecule has 0 aliphatic heterocycles. The molecule has 4 aromatic rings. The van der Waals surface area contributed by atoms with Crippen molar-refractivity contribution in [2.45, 2.75) is 62.6 Å². The highest BCUT2D eigenvalue weighted by molar-refractivity contribution is 5.95. The first-order valence-electron chi connectivity index (χ1n) is 17.3. The minimum Gasteiger partial charge on any atom is -0.354 e. The minimum atomic E-state index is -1.09. The van der Waals surface area contributed by atoms with Crippen LogP contribution in [0.5, 0.6) is 0 Å². The van der Waals surface area contributed by atoms with Crippen LogP contribution in [-0.2, 0) is 33.6 Å². The fourth-order valence-corrected chi connectivity index (χ4v) is 6.26. The van der Waals surface area contributed by atoms with Crippen molar-refractivity contribution in [3.8, 4) is 11.1 Å². The number of rotatable bonds is 15. The highest BCUT2D eigenvalue weighted by Crippen LogP contribution is 2.32. The molecule has 1 aromatic heterocycles.